The number of hydrogen-bond donors (Lipinski definition) is 1. The van der Waals surface area contributed by atoms with E-state index in [1.54, 1.807) is 24.3 Å². The van der Waals surface area contributed by atoms with Crippen LogP contribution >= 0.6 is 11.6 Å². The van der Waals surface area contributed by atoms with E-state index in [1.807, 2.05) is 0 Å². The SMILES string of the molecule is [O-][N+]1(Cc2ccc(Cl)cc2)CCC(C(O)(c2ccc(C(F)(F)F)cc2)c2ccc(C(F)(F)F)cc2)CC1. The first-order chi connectivity index (χ1) is 17.2. The Balaban J connectivity index is 1.65. The Hall–Kier alpha value is -2.59. The highest BCUT2D eigenvalue weighted by molar-refractivity contribution is 6.30. The van der Waals surface area contributed by atoms with E-state index in [9.17, 15) is 36.7 Å². The van der Waals surface area contributed by atoms with Crippen LogP contribution in [-0.4, -0.2) is 22.8 Å². The first-order valence-corrected chi connectivity index (χ1v) is 12.0. The van der Waals surface area contributed by atoms with Crippen LogP contribution in [0.5, 0.6) is 0 Å². The number of likely N-dealkylation sites (tertiary alicyclic amines) is 1. The quantitative estimate of drug-likeness (QED) is 0.205. The zero-order valence-corrected chi connectivity index (χ0v) is 20.2. The number of piperidine rings is 1. The molecule has 1 saturated heterocycles. The third-order valence-electron chi connectivity index (χ3n) is 7.05. The van der Waals surface area contributed by atoms with Crippen LogP contribution in [-0.2, 0) is 24.5 Å². The molecule has 1 fully saturated rings. The zero-order valence-electron chi connectivity index (χ0n) is 19.5. The third kappa shape index (κ3) is 5.95. The molecule has 0 aliphatic carbocycles. The Morgan fingerprint density at radius 1 is 0.703 bits per heavy atom. The van der Waals surface area contributed by atoms with Gasteiger partial charge in [-0.05, 0) is 47.5 Å². The van der Waals surface area contributed by atoms with Crippen molar-refractivity contribution in [3.05, 3.63) is 111 Å². The fourth-order valence-corrected chi connectivity index (χ4v) is 5.13. The second kappa shape index (κ2) is 9.94. The second-order valence-electron chi connectivity index (χ2n) is 9.48. The summed E-state index contributed by atoms with van der Waals surface area (Å²) in [5.41, 5.74) is -2.68. The number of aliphatic hydroxyl groups is 1. The van der Waals surface area contributed by atoms with E-state index in [-0.39, 0.29) is 43.6 Å². The largest absolute Gasteiger partial charge is 0.633 e. The topological polar surface area (TPSA) is 43.3 Å². The summed E-state index contributed by atoms with van der Waals surface area (Å²) < 4.78 is 78.2. The average Bonchev–Trinajstić information content (AvgIpc) is 2.84. The van der Waals surface area contributed by atoms with Crippen molar-refractivity contribution >= 4 is 11.6 Å². The summed E-state index contributed by atoms with van der Waals surface area (Å²) in [6.07, 6.45) is -8.74. The van der Waals surface area contributed by atoms with Crippen LogP contribution in [0.25, 0.3) is 0 Å². The van der Waals surface area contributed by atoms with E-state index in [0.717, 1.165) is 54.1 Å². The molecule has 3 nitrogen and oxygen atoms in total. The predicted octanol–water partition coefficient (Wildman–Crippen LogP) is 7.54. The van der Waals surface area contributed by atoms with Crippen LogP contribution in [0.2, 0.25) is 5.02 Å². The molecule has 3 aromatic carbocycles. The van der Waals surface area contributed by atoms with E-state index < -0.39 is 39.6 Å². The monoisotopic (exact) mass is 543 g/mol. The van der Waals surface area contributed by atoms with Gasteiger partial charge in [-0.2, -0.15) is 26.3 Å². The van der Waals surface area contributed by atoms with Gasteiger partial charge >= 0.3 is 12.4 Å². The van der Waals surface area contributed by atoms with E-state index in [1.165, 1.54) is 0 Å². The summed E-state index contributed by atoms with van der Waals surface area (Å²) in [7, 11) is 0. The minimum absolute atomic E-state index is 0.119. The number of quaternary nitrogens is 1. The Bertz CT molecular complexity index is 1140. The maximum absolute atomic E-state index is 13.4. The Morgan fingerprint density at radius 2 is 1.08 bits per heavy atom. The molecule has 198 valence electrons. The molecule has 0 spiro atoms. The molecule has 1 aliphatic rings. The number of nitrogens with zero attached hydrogens (tertiary/aromatic N) is 1. The van der Waals surface area contributed by atoms with Crippen molar-refractivity contribution in [3.8, 4) is 0 Å². The van der Waals surface area contributed by atoms with Crippen LogP contribution < -0.4 is 0 Å². The smallest absolute Gasteiger partial charge is 0.416 e. The lowest BCUT2D eigenvalue weighted by atomic mass is 9.71. The van der Waals surface area contributed by atoms with Gasteiger partial charge in [-0.3, -0.25) is 0 Å². The van der Waals surface area contributed by atoms with Crippen LogP contribution in [0.4, 0.5) is 26.3 Å². The summed E-state index contributed by atoms with van der Waals surface area (Å²) >= 11 is 5.91. The summed E-state index contributed by atoms with van der Waals surface area (Å²) in [5.74, 6) is -0.605. The van der Waals surface area contributed by atoms with E-state index >= 15 is 0 Å². The molecular weight excluding hydrogens is 520 g/mol. The van der Waals surface area contributed by atoms with Crippen molar-refractivity contribution in [2.24, 2.45) is 5.92 Å². The summed E-state index contributed by atoms with van der Waals surface area (Å²) in [4.78, 5) is 0. The molecule has 0 unspecified atom stereocenters. The van der Waals surface area contributed by atoms with Gasteiger partial charge in [-0.25, -0.2) is 0 Å². The number of halogens is 7. The zero-order chi connectivity index (χ0) is 27.1. The number of alkyl halides is 6. The van der Waals surface area contributed by atoms with Crippen LogP contribution in [0.3, 0.4) is 0 Å². The highest BCUT2D eigenvalue weighted by Gasteiger charge is 2.45. The Labute approximate surface area is 215 Å². The molecule has 0 aromatic heterocycles. The van der Waals surface area contributed by atoms with Gasteiger partial charge < -0.3 is 15.0 Å². The van der Waals surface area contributed by atoms with Gasteiger partial charge in [-0.1, -0.05) is 48.0 Å². The van der Waals surface area contributed by atoms with Gasteiger partial charge in [0.25, 0.3) is 0 Å². The highest BCUT2D eigenvalue weighted by atomic mass is 35.5. The van der Waals surface area contributed by atoms with Crippen molar-refractivity contribution in [1.29, 1.82) is 0 Å². The summed E-state index contributed by atoms with van der Waals surface area (Å²) in [6, 6.07) is 14.8. The van der Waals surface area contributed by atoms with Crippen LogP contribution in [0.15, 0.2) is 72.8 Å². The molecule has 1 aliphatic heterocycles. The van der Waals surface area contributed by atoms with Crippen molar-refractivity contribution in [2.45, 2.75) is 37.3 Å². The number of hydrogen-bond acceptors (Lipinski definition) is 2. The maximum atomic E-state index is 13.4. The molecular formula is C27H24ClF6NO2. The number of rotatable bonds is 5. The average molecular weight is 544 g/mol. The van der Waals surface area contributed by atoms with E-state index in [4.69, 9.17) is 11.6 Å². The predicted molar refractivity (Wildman–Crippen MR) is 127 cm³/mol. The van der Waals surface area contributed by atoms with Crippen molar-refractivity contribution in [2.75, 3.05) is 13.1 Å². The van der Waals surface area contributed by atoms with Gasteiger partial charge in [0, 0.05) is 29.3 Å². The Morgan fingerprint density at radius 3 is 1.46 bits per heavy atom. The second-order valence-corrected chi connectivity index (χ2v) is 9.92. The molecule has 0 bridgehead atoms. The minimum Gasteiger partial charge on any atom is -0.633 e. The van der Waals surface area contributed by atoms with Crippen LogP contribution in [0, 0.1) is 11.1 Å². The number of benzene rings is 3. The maximum Gasteiger partial charge on any atom is 0.416 e. The number of hydroxylamine groups is 3. The molecule has 0 radical (unpaired) electrons. The molecule has 0 amide bonds. The van der Waals surface area contributed by atoms with Crippen molar-refractivity contribution in [1.82, 2.24) is 0 Å². The lowest BCUT2D eigenvalue weighted by molar-refractivity contribution is -0.900. The molecule has 1 N–H and O–H groups in total. The summed E-state index contributed by atoms with van der Waals surface area (Å²) in [6.45, 7) is 0.427. The third-order valence-corrected chi connectivity index (χ3v) is 7.30. The normalized spacial score (nSPS) is 21.2. The van der Waals surface area contributed by atoms with Crippen LogP contribution in [0.1, 0.15) is 40.7 Å². The minimum atomic E-state index is -4.59. The standard InChI is InChI=1S/C27H24ClF6NO2/c28-24-11-1-18(2-12-24)17-35(37)15-13-21(14-16-35)25(36,19-3-7-22(8-4-19)26(29,30)31)20-5-9-23(10-6-20)27(32,33)34/h1-12,21,36H,13-17H2. The first-order valence-electron chi connectivity index (χ1n) is 11.6. The molecule has 0 atom stereocenters. The van der Waals surface area contributed by atoms with E-state index in [2.05, 4.69) is 0 Å². The van der Waals surface area contributed by atoms with Crippen molar-refractivity contribution < 1.29 is 36.1 Å². The first kappa shape index (κ1) is 27.4. The molecule has 3 aromatic rings. The van der Waals surface area contributed by atoms with Gasteiger partial charge in [0.05, 0.1) is 24.2 Å². The molecule has 4 rings (SSSR count). The summed E-state index contributed by atoms with van der Waals surface area (Å²) in [5, 5.41) is 25.9. The van der Waals surface area contributed by atoms with Gasteiger partial charge in [0.2, 0.25) is 0 Å². The van der Waals surface area contributed by atoms with E-state index in [0.29, 0.717) is 5.02 Å². The van der Waals surface area contributed by atoms with Crippen molar-refractivity contribution in [3.63, 3.8) is 0 Å². The Kier molecular flexibility index (Phi) is 7.38. The highest BCUT2D eigenvalue weighted by Crippen LogP contribution is 2.45. The fraction of sp³-hybridized carbons (Fsp3) is 0.333. The van der Waals surface area contributed by atoms with Gasteiger partial charge in [0.15, 0.2) is 0 Å². The van der Waals surface area contributed by atoms with Gasteiger partial charge in [0.1, 0.15) is 12.1 Å². The fourth-order valence-electron chi connectivity index (χ4n) is 5.00. The lowest BCUT2D eigenvalue weighted by Gasteiger charge is -2.50. The lowest BCUT2D eigenvalue weighted by Crippen LogP contribution is -2.51. The van der Waals surface area contributed by atoms with Gasteiger partial charge in [-0.15, -0.1) is 0 Å². The molecule has 37 heavy (non-hydrogen) atoms. The molecule has 10 heteroatoms. The molecule has 1 heterocycles. The molecule has 0 saturated carbocycles.